The fourth-order valence-electron chi connectivity index (χ4n) is 9.77. The largest absolute Gasteiger partial charge is 0.494 e. The maximum absolute atomic E-state index is 13.3. The van der Waals surface area contributed by atoms with Crippen LogP contribution in [0.25, 0.3) is 0 Å². The highest BCUT2D eigenvalue weighted by molar-refractivity contribution is 6.99. The van der Waals surface area contributed by atoms with Gasteiger partial charge in [-0.1, -0.05) is 192 Å². The molecule has 0 amide bonds. The number of benzene rings is 6. The molecule has 65 heavy (non-hydrogen) atoms. The van der Waals surface area contributed by atoms with Gasteiger partial charge in [-0.3, -0.25) is 4.79 Å². The van der Waals surface area contributed by atoms with Crippen molar-refractivity contribution in [3.63, 3.8) is 0 Å². The first-order valence-corrected chi connectivity index (χ1v) is 27.0. The van der Waals surface area contributed by atoms with Crippen LogP contribution in [0.15, 0.2) is 164 Å². The highest BCUT2D eigenvalue weighted by Crippen LogP contribution is 2.46. The summed E-state index contributed by atoms with van der Waals surface area (Å²) in [5.41, 5.74) is 2.66. The summed E-state index contributed by atoms with van der Waals surface area (Å²) < 4.78 is 27.0. The van der Waals surface area contributed by atoms with Crippen LogP contribution < -0.4 is 25.5 Å². The number of aliphatic hydroxyl groups excluding tert-OH is 1. The third-order valence-electron chi connectivity index (χ3n) is 13.1. The monoisotopic (exact) mass is 926 g/mol. The molecule has 7 rings (SSSR count). The number of esters is 1. The van der Waals surface area contributed by atoms with Gasteiger partial charge in [0.2, 0.25) is 0 Å². The van der Waals surface area contributed by atoms with E-state index in [1.165, 1.54) is 6.92 Å². The molecule has 1 heterocycles. The minimum atomic E-state index is -3.43. The molecular weight excluding hydrogens is 864 g/mol. The Morgan fingerprint density at radius 3 is 1.69 bits per heavy atom. The van der Waals surface area contributed by atoms with E-state index < -0.39 is 63.2 Å². The van der Waals surface area contributed by atoms with Gasteiger partial charge >= 0.3 is 5.97 Å². The van der Waals surface area contributed by atoms with Crippen LogP contribution in [0.3, 0.4) is 0 Å². The van der Waals surface area contributed by atoms with Crippen LogP contribution in [0.4, 0.5) is 0 Å². The lowest BCUT2D eigenvalue weighted by atomic mass is 9.87. The van der Waals surface area contributed by atoms with E-state index in [1.54, 1.807) is 0 Å². The van der Waals surface area contributed by atoms with E-state index in [2.05, 4.69) is 58.9 Å². The zero-order valence-electron chi connectivity index (χ0n) is 38.6. The second kappa shape index (κ2) is 20.3. The van der Waals surface area contributed by atoms with Crippen molar-refractivity contribution in [3.8, 4) is 5.75 Å². The van der Waals surface area contributed by atoms with Crippen molar-refractivity contribution in [1.29, 1.82) is 0 Å². The Kier molecular flexibility index (Phi) is 15.1. The fourth-order valence-corrected chi connectivity index (χ4v) is 18.4. The van der Waals surface area contributed by atoms with Crippen LogP contribution in [0.2, 0.25) is 15.1 Å². The summed E-state index contributed by atoms with van der Waals surface area (Å²) in [6.07, 6.45) is -3.53. The van der Waals surface area contributed by atoms with E-state index in [4.69, 9.17) is 30.2 Å². The molecule has 340 valence electrons. The third-order valence-corrected chi connectivity index (χ3v) is 23.1. The van der Waals surface area contributed by atoms with Gasteiger partial charge in [-0.25, -0.2) is 0 Å². The topological polar surface area (TPSA) is 94.5 Å². The number of hydrogen-bond acceptors (Lipinski definition) is 7. The number of carbonyl (C=O) groups excluding carboxylic acids is 1. The molecule has 10 heteroatoms. The van der Waals surface area contributed by atoms with Crippen LogP contribution in [0, 0.1) is 0 Å². The molecule has 2 N–H and O–H groups in total. The number of ether oxygens (including phenoxy) is 3. The highest BCUT2D eigenvalue weighted by Gasteiger charge is 2.58. The summed E-state index contributed by atoms with van der Waals surface area (Å²) in [6, 6.07) is 54.2. The van der Waals surface area contributed by atoms with Gasteiger partial charge in [0.25, 0.3) is 16.6 Å². The maximum atomic E-state index is 13.3. The zero-order chi connectivity index (χ0) is 46.4. The minimum Gasteiger partial charge on any atom is -0.494 e. The first kappa shape index (κ1) is 48.1. The molecule has 7 nitrogen and oxygen atoms in total. The molecule has 6 aromatic rings. The number of carbonyl (C=O) groups is 1. The number of aliphatic hydroxyl groups is 1. The van der Waals surface area contributed by atoms with E-state index in [0.717, 1.165) is 43.2 Å². The maximum Gasteiger partial charge on any atom is 0.303 e. The molecule has 0 saturated carbocycles. The Labute approximate surface area is 392 Å². The van der Waals surface area contributed by atoms with Crippen LogP contribution in [-0.4, -0.2) is 63.5 Å². The molecule has 0 radical (unpaired) electrons. The van der Waals surface area contributed by atoms with Crippen LogP contribution >= 0.6 is 11.6 Å². The molecule has 1 aliphatic rings. The summed E-state index contributed by atoms with van der Waals surface area (Å²) in [7, 11) is -6.80. The van der Waals surface area contributed by atoms with E-state index >= 15 is 0 Å². The predicted octanol–water partition coefficient (Wildman–Crippen LogP) is 9.32. The van der Waals surface area contributed by atoms with Gasteiger partial charge in [0, 0.05) is 11.9 Å². The standard InChI is InChI=1S/C55H63ClO7Si2/c1-8-60-43-32-29-40(30-33-43)37-42-38-41(31-34-48(42)56)51-53(61-39(2)57)52(63-65(54(3,4)5,46-25-17-11-18-26-46)47-27-19-12-20-28-47)50(58)49(62-51)35-36-55(6,7)64(59,44-21-13-9-14-22-44)45-23-15-10-16-24-45/h9-34,38,49-53,58-59H,8,35-37H2,1-7H3. The molecule has 5 unspecified atom stereocenters. The molecule has 0 aromatic heterocycles. The molecule has 6 aromatic carbocycles. The first-order valence-electron chi connectivity index (χ1n) is 22.7. The zero-order valence-corrected chi connectivity index (χ0v) is 41.4. The summed E-state index contributed by atoms with van der Waals surface area (Å²) in [5.74, 6) is 0.279. The van der Waals surface area contributed by atoms with E-state index in [0.29, 0.717) is 30.9 Å². The molecule has 0 bridgehead atoms. The molecule has 1 aliphatic heterocycles. The van der Waals surface area contributed by atoms with Gasteiger partial charge in [-0.05, 0) is 91.9 Å². The minimum absolute atomic E-state index is 0.375. The summed E-state index contributed by atoms with van der Waals surface area (Å²) in [6.45, 7) is 14.7. The molecule has 0 aliphatic carbocycles. The second-order valence-electron chi connectivity index (χ2n) is 18.9. The molecular formula is C55H63ClO7Si2. The van der Waals surface area contributed by atoms with Gasteiger partial charge in [0.15, 0.2) is 6.10 Å². The molecule has 5 atom stereocenters. The second-order valence-corrected chi connectivity index (χ2v) is 27.5. The van der Waals surface area contributed by atoms with Crippen molar-refractivity contribution in [1.82, 2.24) is 0 Å². The summed E-state index contributed by atoms with van der Waals surface area (Å²) in [4.78, 5) is 26.5. The summed E-state index contributed by atoms with van der Waals surface area (Å²) >= 11 is 6.95. The molecule has 1 saturated heterocycles. The van der Waals surface area contributed by atoms with Crippen LogP contribution in [0.1, 0.15) is 84.1 Å². The van der Waals surface area contributed by atoms with Crippen molar-refractivity contribution < 1.29 is 33.3 Å². The normalized spacial score (nSPS) is 19.4. The number of halogens is 1. The SMILES string of the molecule is CCOc1ccc(Cc2cc(C3OC(CCC(C)(C)[Si](O)(c4ccccc4)c4ccccc4)C(O)C(O[Si](c4ccccc4)(c4ccccc4)C(C)(C)C)C3OC(C)=O)ccc2Cl)cc1. The third kappa shape index (κ3) is 10.1. The van der Waals surface area contributed by atoms with Gasteiger partial charge in [0.05, 0.1) is 12.7 Å². The lowest BCUT2D eigenvalue weighted by Crippen LogP contribution is -2.71. The van der Waals surface area contributed by atoms with Crippen molar-refractivity contribution in [3.05, 3.63) is 186 Å². The van der Waals surface area contributed by atoms with Gasteiger partial charge in [-0.15, -0.1) is 0 Å². The van der Waals surface area contributed by atoms with Gasteiger partial charge < -0.3 is 28.5 Å². The van der Waals surface area contributed by atoms with E-state index in [1.807, 2.05) is 146 Å². The van der Waals surface area contributed by atoms with Gasteiger partial charge in [-0.2, -0.15) is 0 Å². The first-order chi connectivity index (χ1) is 31.1. The van der Waals surface area contributed by atoms with Crippen molar-refractivity contribution in [2.45, 2.75) is 108 Å². The average Bonchev–Trinajstić information content (AvgIpc) is 3.30. The van der Waals surface area contributed by atoms with Gasteiger partial charge in [0.1, 0.15) is 24.1 Å². The predicted molar refractivity (Wildman–Crippen MR) is 267 cm³/mol. The fraction of sp³-hybridized carbons (Fsp3) is 0.327. The lowest BCUT2D eigenvalue weighted by Gasteiger charge is -2.51. The van der Waals surface area contributed by atoms with Crippen LogP contribution in [0.5, 0.6) is 5.75 Å². The Bertz CT molecular complexity index is 2380. The Morgan fingerprint density at radius 1 is 0.708 bits per heavy atom. The van der Waals surface area contributed by atoms with Crippen molar-refractivity contribution >= 4 is 55.0 Å². The summed E-state index contributed by atoms with van der Waals surface area (Å²) in [5, 5.41) is 16.3. The highest BCUT2D eigenvalue weighted by atomic mass is 35.5. The molecule has 1 fully saturated rings. The van der Waals surface area contributed by atoms with Crippen molar-refractivity contribution in [2.75, 3.05) is 6.61 Å². The van der Waals surface area contributed by atoms with Crippen molar-refractivity contribution in [2.24, 2.45) is 0 Å². The van der Waals surface area contributed by atoms with E-state index in [9.17, 15) is 14.7 Å². The number of rotatable bonds is 16. The van der Waals surface area contributed by atoms with E-state index in [-0.39, 0.29) is 0 Å². The Hall–Kier alpha value is -4.85. The smallest absolute Gasteiger partial charge is 0.303 e. The molecule has 0 spiro atoms. The Morgan fingerprint density at radius 2 is 1.22 bits per heavy atom. The van der Waals surface area contributed by atoms with Crippen LogP contribution in [-0.2, 0) is 25.1 Å². The lowest BCUT2D eigenvalue weighted by molar-refractivity contribution is -0.232. The number of hydrogen-bond donors (Lipinski definition) is 2. The Balaban J connectivity index is 1.35. The average molecular weight is 928 g/mol. The quantitative estimate of drug-likeness (QED) is 0.0739.